The lowest BCUT2D eigenvalue weighted by atomic mass is 9.65. The topological polar surface area (TPSA) is 12.0 Å². The molecule has 0 heterocycles. The second-order valence-corrected chi connectivity index (χ2v) is 6.17. The van der Waals surface area contributed by atoms with Crippen molar-refractivity contribution in [2.24, 2.45) is 5.41 Å². The van der Waals surface area contributed by atoms with E-state index in [1.807, 2.05) is 0 Å². The Kier molecular flexibility index (Phi) is 2.96. The van der Waals surface area contributed by atoms with Crippen molar-refractivity contribution in [3.63, 3.8) is 0 Å². The summed E-state index contributed by atoms with van der Waals surface area (Å²) in [5, 5.41) is 3.73. The maximum absolute atomic E-state index is 3.73. The van der Waals surface area contributed by atoms with Crippen LogP contribution in [0.1, 0.15) is 43.2 Å². The van der Waals surface area contributed by atoms with Crippen LogP contribution in [0.25, 0.3) is 0 Å². The van der Waals surface area contributed by atoms with E-state index in [-0.39, 0.29) is 0 Å². The van der Waals surface area contributed by atoms with Crippen molar-refractivity contribution in [2.45, 2.75) is 51.5 Å². The van der Waals surface area contributed by atoms with Gasteiger partial charge in [-0.15, -0.1) is 0 Å². The van der Waals surface area contributed by atoms with Gasteiger partial charge in [-0.25, -0.2) is 0 Å². The van der Waals surface area contributed by atoms with Crippen LogP contribution in [0.3, 0.4) is 0 Å². The van der Waals surface area contributed by atoms with Crippen molar-refractivity contribution in [3.05, 3.63) is 35.4 Å². The standard InChI is InChI=1S/C16H23N/c1-13-4-2-5-14(10-13)11-16(8-3-9-16)12-17-15-6-7-15/h2,4-5,10,15,17H,3,6-9,11-12H2,1H3. The molecule has 0 aromatic heterocycles. The van der Waals surface area contributed by atoms with Gasteiger partial charge in [-0.2, -0.15) is 0 Å². The van der Waals surface area contributed by atoms with Crippen molar-refractivity contribution in [3.8, 4) is 0 Å². The number of rotatable bonds is 5. The molecule has 3 rings (SSSR count). The first-order valence-corrected chi connectivity index (χ1v) is 7.05. The predicted molar refractivity (Wildman–Crippen MR) is 72.2 cm³/mol. The average Bonchev–Trinajstić information content (AvgIpc) is 3.06. The van der Waals surface area contributed by atoms with E-state index in [0.29, 0.717) is 5.41 Å². The number of hydrogen-bond donors (Lipinski definition) is 1. The van der Waals surface area contributed by atoms with E-state index in [1.54, 1.807) is 0 Å². The Morgan fingerprint density at radius 1 is 1.29 bits per heavy atom. The number of benzene rings is 1. The van der Waals surface area contributed by atoms with Gasteiger partial charge in [0.25, 0.3) is 0 Å². The van der Waals surface area contributed by atoms with E-state index in [0.717, 1.165) is 6.04 Å². The Hall–Kier alpha value is -0.820. The highest BCUT2D eigenvalue weighted by atomic mass is 15.0. The Morgan fingerprint density at radius 2 is 2.12 bits per heavy atom. The van der Waals surface area contributed by atoms with Gasteiger partial charge in [-0.3, -0.25) is 0 Å². The minimum atomic E-state index is 0.580. The third-order valence-electron chi connectivity index (χ3n) is 4.42. The summed E-state index contributed by atoms with van der Waals surface area (Å²) in [6.45, 7) is 3.44. The molecule has 2 aliphatic rings. The Bertz CT molecular complexity index is 388. The van der Waals surface area contributed by atoms with Crippen LogP contribution in [0.5, 0.6) is 0 Å². The molecule has 1 aromatic carbocycles. The smallest absolute Gasteiger partial charge is 0.00684 e. The fourth-order valence-electron chi connectivity index (χ4n) is 3.00. The van der Waals surface area contributed by atoms with Gasteiger partial charge in [-0.05, 0) is 50.0 Å². The van der Waals surface area contributed by atoms with Gasteiger partial charge in [0.1, 0.15) is 0 Å². The Morgan fingerprint density at radius 3 is 2.71 bits per heavy atom. The highest BCUT2D eigenvalue weighted by Crippen LogP contribution is 2.43. The van der Waals surface area contributed by atoms with E-state index in [9.17, 15) is 0 Å². The third kappa shape index (κ3) is 2.71. The highest BCUT2D eigenvalue weighted by Gasteiger charge is 2.38. The van der Waals surface area contributed by atoms with Crippen LogP contribution in [0.4, 0.5) is 0 Å². The number of aryl methyl sites for hydroxylation is 1. The number of hydrogen-bond acceptors (Lipinski definition) is 1. The van der Waals surface area contributed by atoms with Crippen molar-refractivity contribution in [1.29, 1.82) is 0 Å². The molecule has 0 unspecified atom stereocenters. The normalized spacial score (nSPS) is 22.2. The molecule has 0 radical (unpaired) electrons. The van der Waals surface area contributed by atoms with Gasteiger partial charge in [0.15, 0.2) is 0 Å². The second-order valence-electron chi connectivity index (χ2n) is 6.17. The summed E-state index contributed by atoms with van der Waals surface area (Å²) in [6.07, 6.45) is 8.34. The van der Waals surface area contributed by atoms with Crippen LogP contribution in [0.15, 0.2) is 24.3 Å². The Balaban J connectivity index is 1.63. The molecular formula is C16H23N. The average molecular weight is 229 g/mol. The van der Waals surface area contributed by atoms with Crippen molar-refractivity contribution < 1.29 is 0 Å². The van der Waals surface area contributed by atoms with Crippen molar-refractivity contribution in [2.75, 3.05) is 6.54 Å². The van der Waals surface area contributed by atoms with Crippen LogP contribution in [0.2, 0.25) is 0 Å². The van der Waals surface area contributed by atoms with Gasteiger partial charge < -0.3 is 5.32 Å². The monoisotopic (exact) mass is 229 g/mol. The van der Waals surface area contributed by atoms with Gasteiger partial charge in [0.05, 0.1) is 0 Å². The largest absolute Gasteiger partial charge is 0.313 e. The summed E-state index contributed by atoms with van der Waals surface area (Å²) < 4.78 is 0. The lowest BCUT2D eigenvalue weighted by Gasteiger charge is -2.42. The van der Waals surface area contributed by atoms with E-state index >= 15 is 0 Å². The predicted octanol–water partition coefficient (Wildman–Crippen LogP) is 3.46. The van der Waals surface area contributed by atoms with Crippen LogP contribution < -0.4 is 5.32 Å². The molecule has 1 N–H and O–H groups in total. The molecule has 2 fully saturated rings. The Labute approximate surface area is 105 Å². The van der Waals surface area contributed by atoms with Gasteiger partial charge in [0, 0.05) is 12.6 Å². The first-order chi connectivity index (χ1) is 8.26. The van der Waals surface area contributed by atoms with E-state index in [2.05, 4.69) is 36.5 Å². The zero-order chi connectivity index (χ0) is 11.7. The maximum Gasteiger partial charge on any atom is 0.00684 e. The van der Waals surface area contributed by atoms with Gasteiger partial charge >= 0.3 is 0 Å². The van der Waals surface area contributed by atoms with E-state index in [1.165, 1.54) is 56.2 Å². The van der Waals surface area contributed by atoms with Crippen LogP contribution in [0, 0.1) is 12.3 Å². The van der Waals surface area contributed by atoms with Gasteiger partial charge in [-0.1, -0.05) is 36.2 Å². The summed E-state index contributed by atoms with van der Waals surface area (Å²) >= 11 is 0. The van der Waals surface area contributed by atoms with Crippen LogP contribution >= 0.6 is 0 Å². The molecule has 0 aliphatic heterocycles. The maximum atomic E-state index is 3.73. The first kappa shape index (κ1) is 11.3. The molecule has 1 aromatic rings. The van der Waals surface area contributed by atoms with Crippen LogP contribution in [-0.2, 0) is 6.42 Å². The molecule has 1 heteroatoms. The summed E-state index contributed by atoms with van der Waals surface area (Å²) in [7, 11) is 0. The zero-order valence-electron chi connectivity index (χ0n) is 10.8. The van der Waals surface area contributed by atoms with Crippen LogP contribution in [-0.4, -0.2) is 12.6 Å². The quantitative estimate of drug-likeness (QED) is 0.815. The molecule has 2 saturated carbocycles. The molecule has 0 saturated heterocycles. The molecule has 0 amide bonds. The van der Waals surface area contributed by atoms with Crippen molar-refractivity contribution >= 4 is 0 Å². The summed E-state index contributed by atoms with van der Waals surface area (Å²) in [4.78, 5) is 0. The lowest BCUT2D eigenvalue weighted by molar-refractivity contribution is 0.129. The second kappa shape index (κ2) is 4.45. The fraction of sp³-hybridized carbons (Fsp3) is 0.625. The van der Waals surface area contributed by atoms with E-state index in [4.69, 9.17) is 0 Å². The molecular weight excluding hydrogens is 206 g/mol. The molecule has 0 bridgehead atoms. The highest BCUT2D eigenvalue weighted by molar-refractivity contribution is 5.24. The summed E-state index contributed by atoms with van der Waals surface area (Å²) in [5.41, 5.74) is 3.51. The van der Waals surface area contributed by atoms with Gasteiger partial charge in [0.2, 0.25) is 0 Å². The molecule has 92 valence electrons. The molecule has 0 spiro atoms. The first-order valence-electron chi connectivity index (χ1n) is 7.05. The minimum Gasteiger partial charge on any atom is -0.313 e. The number of nitrogens with one attached hydrogen (secondary N) is 1. The molecule has 1 nitrogen and oxygen atoms in total. The zero-order valence-corrected chi connectivity index (χ0v) is 10.8. The molecule has 2 aliphatic carbocycles. The SMILES string of the molecule is Cc1cccc(CC2(CNC3CC3)CCC2)c1. The lowest BCUT2D eigenvalue weighted by Crippen LogP contribution is -2.42. The van der Waals surface area contributed by atoms with Crippen molar-refractivity contribution in [1.82, 2.24) is 5.32 Å². The molecule has 0 atom stereocenters. The van der Waals surface area contributed by atoms with E-state index < -0.39 is 0 Å². The third-order valence-corrected chi connectivity index (χ3v) is 4.42. The fourth-order valence-corrected chi connectivity index (χ4v) is 3.00. The summed E-state index contributed by atoms with van der Waals surface area (Å²) in [6, 6.07) is 9.90. The minimum absolute atomic E-state index is 0.580. The summed E-state index contributed by atoms with van der Waals surface area (Å²) in [5.74, 6) is 0. The molecule has 17 heavy (non-hydrogen) atoms.